The highest BCUT2D eigenvalue weighted by Gasteiger charge is 2.43. The fourth-order valence-corrected chi connectivity index (χ4v) is 2.14. The van der Waals surface area contributed by atoms with Crippen LogP contribution in [-0.2, 0) is 14.3 Å². The summed E-state index contributed by atoms with van der Waals surface area (Å²) in [5.41, 5.74) is 0.949. The molecule has 0 aromatic rings. The van der Waals surface area contributed by atoms with Crippen molar-refractivity contribution in [2.45, 2.75) is 50.9 Å². The first-order valence-corrected chi connectivity index (χ1v) is 5.26. The Balaban J connectivity index is 2.05. The number of esters is 1. The van der Waals surface area contributed by atoms with Crippen molar-refractivity contribution >= 4 is 5.97 Å². The zero-order chi connectivity index (χ0) is 10.1. The van der Waals surface area contributed by atoms with E-state index in [9.17, 15) is 4.79 Å². The molecule has 78 valence electrons. The number of hydrogen-bond donors (Lipinski definition) is 0. The van der Waals surface area contributed by atoms with Gasteiger partial charge in [0.25, 0.3) is 0 Å². The van der Waals surface area contributed by atoms with Gasteiger partial charge in [0.1, 0.15) is 0 Å². The van der Waals surface area contributed by atoms with E-state index in [1.54, 1.807) is 0 Å². The highest BCUT2D eigenvalue weighted by Crippen LogP contribution is 2.35. The van der Waals surface area contributed by atoms with Crippen LogP contribution in [0.15, 0.2) is 12.2 Å². The van der Waals surface area contributed by atoms with Crippen LogP contribution in [0.1, 0.15) is 32.6 Å². The van der Waals surface area contributed by atoms with Gasteiger partial charge in [-0.15, -0.1) is 0 Å². The molecular weight excluding hydrogens is 180 g/mol. The summed E-state index contributed by atoms with van der Waals surface area (Å²) in [5.74, 6) is -0.117. The average molecular weight is 196 g/mol. The first-order chi connectivity index (χ1) is 6.72. The molecule has 0 amide bonds. The van der Waals surface area contributed by atoms with Crippen molar-refractivity contribution in [2.75, 3.05) is 0 Å². The van der Waals surface area contributed by atoms with Gasteiger partial charge in [-0.3, -0.25) is 4.79 Å². The Hall–Kier alpha value is -0.830. The zero-order valence-corrected chi connectivity index (χ0v) is 8.49. The van der Waals surface area contributed by atoms with Crippen LogP contribution in [-0.4, -0.2) is 24.3 Å². The van der Waals surface area contributed by atoms with E-state index in [1.165, 1.54) is 0 Å². The summed E-state index contributed by atoms with van der Waals surface area (Å²) < 4.78 is 11.0. The fourth-order valence-electron chi connectivity index (χ4n) is 2.14. The lowest BCUT2D eigenvalue weighted by Gasteiger charge is -2.23. The van der Waals surface area contributed by atoms with Crippen LogP contribution >= 0.6 is 0 Å². The molecule has 3 heteroatoms. The highest BCUT2D eigenvalue weighted by molar-refractivity contribution is 5.71. The molecule has 3 unspecified atom stereocenters. The number of carbonyl (C=O) groups is 1. The zero-order valence-electron chi connectivity index (χ0n) is 8.49. The van der Waals surface area contributed by atoms with Gasteiger partial charge in [0, 0.05) is 6.42 Å². The van der Waals surface area contributed by atoms with Crippen LogP contribution in [0, 0.1) is 0 Å². The molecule has 2 aliphatic heterocycles. The maximum atomic E-state index is 11.1. The molecular formula is C11H16O3. The Morgan fingerprint density at radius 3 is 3.07 bits per heavy atom. The predicted octanol–water partition coefficient (Wildman–Crippen LogP) is 1.82. The highest BCUT2D eigenvalue weighted by atomic mass is 16.6. The Kier molecular flexibility index (Phi) is 2.59. The molecule has 3 atom stereocenters. The Bertz CT molecular complexity index is 259. The van der Waals surface area contributed by atoms with Gasteiger partial charge >= 0.3 is 5.97 Å². The predicted molar refractivity (Wildman–Crippen MR) is 51.8 cm³/mol. The van der Waals surface area contributed by atoms with Crippen LogP contribution in [0.3, 0.4) is 0 Å². The van der Waals surface area contributed by atoms with Crippen molar-refractivity contribution in [3.8, 4) is 0 Å². The molecule has 3 nitrogen and oxygen atoms in total. The largest absolute Gasteiger partial charge is 0.455 e. The second-order valence-electron chi connectivity index (χ2n) is 3.98. The number of hydrogen-bond acceptors (Lipinski definition) is 3. The number of fused-ring (bicyclic) bond motifs is 1. The standard InChI is InChI=1S/C11H16O3/c1-3-4-8-7(2)11-9(13-8)5-6-10(12)14-11/h8-9,11H,2-6H2,1H3. The van der Waals surface area contributed by atoms with E-state index in [1.807, 2.05) is 0 Å². The van der Waals surface area contributed by atoms with E-state index in [2.05, 4.69) is 13.5 Å². The summed E-state index contributed by atoms with van der Waals surface area (Å²) in [4.78, 5) is 11.1. The van der Waals surface area contributed by atoms with E-state index in [4.69, 9.17) is 9.47 Å². The van der Waals surface area contributed by atoms with E-state index in [0.29, 0.717) is 6.42 Å². The molecule has 0 N–H and O–H groups in total. The summed E-state index contributed by atoms with van der Waals surface area (Å²) >= 11 is 0. The minimum absolute atomic E-state index is 0.0664. The molecule has 0 spiro atoms. The molecule has 14 heavy (non-hydrogen) atoms. The summed E-state index contributed by atoms with van der Waals surface area (Å²) in [6.45, 7) is 6.09. The molecule has 0 bridgehead atoms. The normalized spacial score (nSPS) is 36.8. The smallest absolute Gasteiger partial charge is 0.306 e. The van der Waals surface area contributed by atoms with Crippen molar-refractivity contribution in [2.24, 2.45) is 0 Å². The first kappa shape index (κ1) is 9.71. The third-order valence-corrected chi connectivity index (χ3v) is 2.90. The SMILES string of the molecule is C=C1C(CCC)OC2CCC(=O)OC12. The third kappa shape index (κ3) is 1.57. The second-order valence-corrected chi connectivity index (χ2v) is 3.98. The van der Waals surface area contributed by atoms with E-state index in [0.717, 1.165) is 24.8 Å². The molecule has 2 rings (SSSR count). The van der Waals surface area contributed by atoms with Crippen molar-refractivity contribution < 1.29 is 14.3 Å². The topological polar surface area (TPSA) is 35.5 Å². The van der Waals surface area contributed by atoms with Gasteiger partial charge < -0.3 is 9.47 Å². The summed E-state index contributed by atoms with van der Waals surface area (Å²) in [5, 5.41) is 0. The average Bonchev–Trinajstić information content (AvgIpc) is 2.46. The van der Waals surface area contributed by atoms with Crippen LogP contribution in [0.5, 0.6) is 0 Å². The van der Waals surface area contributed by atoms with Gasteiger partial charge in [-0.1, -0.05) is 19.9 Å². The van der Waals surface area contributed by atoms with Gasteiger partial charge in [-0.05, 0) is 18.4 Å². The number of carbonyl (C=O) groups excluding carboxylic acids is 1. The maximum Gasteiger partial charge on any atom is 0.306 e. The van der Waals surface area contributed by atoms with E-state index < -0.39 is 0 Å². The first-order valence-electron chi connectivity index (χ1n) is 5.26. The Morgan fingerprint density at radius 1 is 1.57 bits per heavy atom. The lowest BCUT2D eigenvalue weighted by atomic mass is 9.98. The van der Waals surface area contributed by atoms with Gasteiger partial charge in [0.2, 0.25) is 0 Å². The summed E-state index contributed by atoms with van der Waals surface area (Å²) in [7, 11) is 0. The van der Waals surface area contributed by atoms with Crippen molar-refractivity contribution in [1.82, 2.24) is 0 Å². The van der Waals surface area contributed by atoms with E-state index in [-0.39, 0.29) is 24.3 Å². The van der Waals surface area contributed by atoms with Gasteiger partial charge in [-0.2, -0.15) is 0 Å². The molecule has 0 aliphatic carbocycles. The Labute approximate surface area is 84.1 Å². The van der Waals surface area contributed by atoms with Crippen molar-refractivity contribution in [3.05, 3.63) is 12.2 Å². The Morgan fingerprint density at radius 2 is 2.36 bits per heavy atom. The lowest BCUT2D eigenvalue weighted by molar-refractivity contribution is -0.158. The van der Waals surface area contributed by atoms with Crippen LogP contribution in [0.25, 0.3) is 0 Å². The molecule has 0 aromatic carbocycles. The number of rotatable bonds is 2. The van der Waals surface area contributed by atoms with E-state index >= 15 is 0 Å². The minimum Gasteiger partial charge on any atom is -0.455 e. The minimum atomic E-state index is -0.173. The van der Waals surface area contributed by atoms with Crippen LogP contribution in [0.2, 0.25) is 0 Å². The fraction of sp³-hybridized carbons (Fsp3) is 0.727. The molecule has 2 saturated heterocycles. The third-order valence-electron chi connectivity index (χ3n) is 2.90. The molecule has 0 aromatic heterocycles. The number of ether oxygens (including phenoxy) is 2. The van der Waals surface area contributed by atoms with Gasteiger partial charge in [-0.25, -0.2) is 0 Å². The molecule has 0 radical (unpaired) electrons. The second kappa shape index (κ2) is 3.73. The van der Waals surface area contributed by atoms with Gasteiger partial charge in [0.05, 0.1) is 12.2 Å². The molecule has 2 fully saturated rings. The maximum absolute atomic E-state index is 11.1. The molecule has 2 aliphatic rings. The quantitative estimate of drug-likeness (QED) is 0.499. The lowest BCUT2D eigenvalue weighted by Crippen LogP contribution is -2.33. The monoisotopic (exact) mass is 196 g/mol. The van der Waals surface area contributed by atoms with Crippen LogP contribution < -0.4 is 0 Å². The van der Waals surface area contributed by atoms with Crippen molar-refractivity contribution in [1.29, 1.82) is 0 Å². The van der Waals surface area contributed by atoms with Gasteiger partial charge in [0.15, 0.2) is 6.10 Å². The van der Waals surface area contributed by atoms with Crippen LogP contribution in [0.4, 0.5) is 0 Å². The van der Waals surface area contributed by atoms with Crippen molar-refractivity contribution in [3.63, 3.8) is 0 Å². The summed E-state index contributed by atoms with van der Waals surface area (Å²) in [6, 6.07) is 0. The summed E-state index contributed by atoms with van der Waals surface area (Å²) in [6.07, 6.45) is 3.29. The molecule has 0 saturated carbocycles. The molecule has 2 heterocycles.